The van der Waals surface area contributed by atoms with E-state index >= 15 is 0 Å². The zero-order chi connectivity index (χ0) is 25.4. The molecule has 0 fully saturated rings. The van der Waals surface area contributed by atoms with Crippen molar-refractivity contribution in [2.75, 3.05) is 20.3 Å². The molecule has 0 saturated heterocycles. The first-order valence-electron chi connectivity index (χ1n) is 11.0. The number of allylic oxidation sites excluding steroid dienone is 1. The van der Waals surface area contributed by atoms with Crippen LogP contribution >= 0.6 is 0 Å². The SMILES string of the molecule is CCOC(=O)C1=C(C)NC(=O)N[C@H]1c1ccc(OCC(=O)N/N=C\c2ccccc2C)c(OC)c1. The van der Waals surface area contributed by atoms with Gasteiger partial charge < -0.3 is 24.8 Å². The molecule has 1 atom stereocenters. The molecule has 0 aliphatic carbocycles. The molecule has 2 aromatic rings. The van der Waals surface area contributed by atoms with E-state index in [2.05, 4.69) is 21.2 Å². The Morgan fingerprint density at radius 1 is 1.14 bits per heavy atom. The Labute approximate surface area is 203 Å². The van der Waals surface area contributed by atoms with Gasteiger partial charge in [-0.2, -0.15) is 5.10 Å². The van der Waals surface area contributed by atoms with Gasteiger partial charge in [-0.1, -0.05) is 30.3 Å². The van der Waals surface area contributed by atoms with Crippen LogP contribution in [0.4, 0.5) is 4.79 Å². The van der Waals surface area contributed by atoms with Crippen LogP contribution in [-0.4, -0.2) is 44.4 Å². The second-order valence-electron chi connectivity index (χ2n) is 7.64. The molecular weight excluding hydrogens is 452 g/mol. The Morgan fingerprint density at radius 3 is 2.63 bits per heavy atom. The number of nitrogens with one attached hydrogen (secondary N) is 3. The third-order valence-electron chi connectivity index (χ3n) is 5.23. The molecular formula is C25H28N4O6. The number of methoxy groups -OCH3 is 1. The topological polar surface area (TPSA) is 127 Å². The molecule has 3 rings (SSSR count). The van der Waals surface area contributed by atoms with Crippen LogP contribution < -0.4 is 25.5 Å². The maximum atomic E-state index is 12.5. The lowest BCUT2D eigenvalue weighted by molar-refractivity contribution is -0.139. The number of aryl methyl sites for hydroxylation is 1. The summed E-state index contributed by atoms with van der Waals surface area (Å²) in [4.78, 5) is 36.7. The number of benzene rings is 2. The van der Waals surface area contributed by atoms with Crippen molar-refractivity contribution in [3.63, 3.8) is 0 Å². The van der Waals surface area contributed by atoms with Crippen LogP contribution in [0.25, 0.3) is 0 Å². The minimum atomic E-state index is -0.746. The molecule has 1 aliphatic heterocycles. The summed E-state index contributed by atoms with van der Waals surface area (Å²) in [6, 6.07) is 11.4. The molecule has 1 aliphatic rings. The van der Waals surface area contributed by atoms with E-state index in [4.69, 9.17) is 14.2 Å². The fraction of sp³-hybridized carbons (Fsp3) is 0.280. The zero-order valence-electron chi connectivity index (χ0n) is 20.0. The highest BCUT2D eigenvalue weighted by atomic mass is 16.5. The predicted molar refractivity (Wildman–Crippen MR) is 129 cm³/mol. The van der Waals surface area contributed by atoms with Gasteiger partial charge in [-0.05, 0) is 49.6 Å². The summed E-state index contributed by atoms with van der Waals surface area (Å²) in [5, 5.41) is 9.27. The van der Waals surface area contributed by atoms with Crippen molar-refractivity contribution in [3.05, 3.63) is 70.4 Å². The van der Waals surface area contributed by atoms with Gasteiger partial charge in [0.05, 0.1) is 31.5 Å². The minimum absolute atomic E-state index is 0.198. The number of nitrogens with zero attached hydrogens (tertiary/aromatic N) is 1. The first-order valence-corrected chi connectivity index (χ1v) is 11.0. The van der Waals surface area contributed by atoms with Gasteiger partial charge in [0.1, 0.15) is 0 Å². The number of amides is 3. The number of urea groups is 1. The monoisotopic (exact) mass is 480 g/mol. The molecule has 184 valence electrons. The van der Waals surface area contributed by atoms with Gasteiger partial charge in [-0.25, -0.2) is 15.0 Å². The van der Waals surface area contributed by atoms with Crippen molar-refractivity contribution in [2.45, 2.75) is 26.8 Å². The summed E-state index contributed by atoms with van der Waals surface area (Å²) in [6.07, 6.45) is 1.56. The number of carbonyl (C=O) groups is 3. The quantitative estimate of drug-likeness (QED) is 0.288. The van der Waals surface area contributed by atoms with E-state index in [0.717, 1.165) is 11.1 Å². The van der Waals surface area contributed by atoms with Crippen molar-refractivity contribution < 1.29 is 28.6 Å². The molecule has 2 aromatic carbocycles. The molecule has 35 heavy (non-hydrogen) atoms. The van der Waals surface area contributed by atoms with E-state index < -0.39 is 23.9 Å². The largest absolute Gasteiger partial charge is 0.493 e. The van der Waals surface area contributed by atoms with E-state index in [1.165, 1.54) is 7.11 Å². The van der Waals surface area contributed by atoms with E-state index in [-0.39, 0.29) is 18.8 Å². The number of carbonyl (C=O) groups excluding carboxylic acids is 3. The van der Waals surface area contributed by atoms with Crippen molar-refractivity contribution in [1.29, 1.82) is 0 Å². The molecule has 1 heterocycles. The third-order valence-corrected chi connectivity index (χ3v) is 5.23. The Hall–Kier alpha value is -4.34. The summed E-state index contributed by atoms with van der Waals surface area (Å²) >= 11 is 0. The number of hydrazone groups is 1. The third kappa shape index (κ3) is 6.38. The summed E-state index contributed by atoms with van der Waals surface area (Å²) in [5.74, 6) is -0.347. The van der Waals surface area contributed by atoms with E-state index in [1.807, 2.05) is 31.2 Å². The highest BCUT2D eigenvalue weighted by Crippen LogP contribution is 2.34. The van der Waals surface area contributed by atoms with Crippen LogP contribution in [0, 0.1) is 6.92 Å². The van der Waals surface area contributed by atoms with Crippen LogP contribution in [0.2, 0.25) is 0 Å². The maximum Gasteiger partial charge on any atom is 0.338 e. The minimum Gasteiger partial charge on any atom is -0.493 e. The summed E-state index contributed by atoms with van der Waals surface area (Å²) < 4.78 is 16.2. The fourth-order valence-electron chi connectivity index (χ4n) is 3.49. The van der Waals surface area contributed by atoms with Crippen LogP contribution in [0.3, 0.4) is 0 Å². The lowest BCUT2D eigenvalue weighted by atomic mass is 9.95. The Balaban J connectivity index is 1.70. The first kappa shape index (κ1) is 25.3. The molecule has 0 saturated carbocycles. The Kier molecular flexibility index (Phi) is 8.44. The molecule has 10 heteroatoms. The molecule has 3 amide bonds. The van der Waals surface area contributed by atoms with Crippen LogP contribution in [0.5, 0.6) is 11.5 Å². The van der Waals surface area contributed by atoms with Gasteiger partial charge in [0.2, 0.25) is 0 Å². The zero-order valence-corrected chi connectivity index (χ0v) is 20.0. The van der Waals surface area contributed by atoms with Crippen LogP contribution in [0.1, 0.15) is 36.6 Å². The summed E-state index contributed by atoms with van der Waals surface area (Å²) in [7, 11) is 1.45. The Morgan fingerprint density at radius 2 is 1.91 bits per heavy atom. The second kappa shape index (κ2) is 11.7. The van der Waals surface area contributed by atoms with Crippen LogP contribution in [-0.2, 0) is 14.3 Å². The van der Waals surface area contributed by atoms with Gasteiger partial charge in [-0.15, -0.1) is 0 Å². The predicted octanol–water partition coefficient (Wildman–Crippen LogP) is 2.72. The number of hydrogen-bond donors (Lipinski definition) is 3. The molecule has 3 N–H and O–H groups in total. The highest BCUT2D eigenvalue weighted by Gasteiger charge is 2.32. The second-order valence-corrected chi connectivity index (χ2v) is 7.64. The smallest absolute Gasteiger partial charge is 0.338 e. The van der Waals surface area contributed by atoms with E-state index in [9.17, 15) is 14.4 Å². The van der Waals surface area contributed by atoms with Gasteiger partial charge >= 0.3 is 12.0 Å². The lowest BCUT2D eigenvalue weighted by Crippen LogP contribution is -2.45. The lowest BCUT2D eigenvalue weighted by Gasteiger charge is -2.28. The van der Waals surface area contributed by atoms with Crippen molar-refractivity contribution >= 4 is 24.1 Å². The maximum absolute atomic E-state index is 12.5. The standard InChI is InChI=1S/C25H28N4O6/c1-5-34-24(31)22-16(3)27-25(32)28-23(22)17-10-11-19(20(12-17)33-4)35-14-21(30)29-26-13-18-9-7-6-8-15(18)2/h6-13,23H,5,14H2,1-4H3,(H,29,30)(H2,27,28,32)/b26-13-/t23-/m0/s1. The van der Waals surface area contributed by atoms with Gasteiger partial charge in [-0.3, -0.25) is 4.79 Å². The number of hydrogen-bond acceptors (Lipinski definition) is 7. The first-order chi connectivity index (χ1) is 16.8. The van der Waals surface area contributed by atoms with Crippen LogP contribution in [0.15, 0.2) is 58.8 Å². The molecule has 0 unspecified atom stereocenters. The van der Waals surface area contributed by atoms with Gasteiger partial charge in [0.25, 0.3) is 5.91 Å². The number of ether oxygens (including phenoxy) is 3. The van der Waals surface area contributed by atoms with E-state index in [1.54, 1.807) is 38.3 Å². The van der Waals surface area contributed by atoms with Crippen molar-refractivity contribution in [1.82, 2.24) is 16.1 Å². The van der Waals surface area contributed by atoms with E-state index in [0.29, 0.717) is 22.8 Å². The number of esters is 1. The summed E-state index contributed by atoms with van der Waals surface area (Å²) in [5.41, 5.74) is 5.62. The Bertz CT molecular complexity index is 1170. The molecule has 10 nitrogen and oxygen atoms in total. The highest BCUT2D eigenvalue weighted by molar-refractivity contribution is 5.95. The molecule has 0 spiro atoms. The van der Waals surface area contributed by atoms with Crippen molar-refractivity contribution in [3.8, 4) is 11.5 Å². The normalized spacial score (nSPS) is 15.3. The van der Waals surface area contributed by atoms with Gasteiger partial charge in [0, 0.05) is 5.70 Å². The van der Waals surface area contributed by atoms with Gasteiger partial charge in [0.15, 0.2) is 18.1 Å². The van der Waals surface area contributed by atoms with Crippen molar-refractivity contribution in [2.24, 2.45) is 5.10 Å². The average Bonchev–Trinajstić information content (AvgIpc) is 2.83. The molecule has 0 aromatic heterocycles. The fourth-order valence-corrected chi connectivity index (χ4v) is 3.49. The summed E-state index contributed by atoms with van der Waals surface area (Å²) in [6.45, 7) is 5.19. The average molecular weight is 481 g/mol. The number of rotatable bonds is 9. The molecule has 0 radical (unpaired) electrons. The molecule has 0 bridgehead atoms.